The number of benzene rings is 1. The number of hydrogen-bond donors (Lipinski definition) is 3. The number of aromatic amines is 1. The summed E-state index contributed by atoms with van der Waals surface area (Å²) in [5.41, 5.74) is 6.05. The van der Waals surface area contributed by atoms with E-state index in [2.05, 4.69) is 9.97 Å². The van der Waals surface area contributed by atoms with Gasteiger partial charge in [0.05, 0.1) is 5.56 Å². The third-order valence-corrected chi connectivity index (χ3v) is 3.26. The van der Waals surface area contributed by atoms with Gasteiger partial charge in [0.2, 0.25) is 0 Å². The fourth-order valence-electron chi connectivity index (χ4n) is 1.55. The van der Waals surface area contributed by atoms with E-state index in [1.807, 2.05) is 0 Å². The van der Waals surface area contributed by atoms with Crippen LogP contribution in [0.1, 0.15) is 15.9 Å². The highest BCUT2D eigenvalue weighted by atomic mass is 32.2. The Kier molecular flexibility index (Phi) is 3.57. The van der Waals surface area contributed by atoms with E-state index in [0.717, 1.165) is 4.90 Å². The van der Waals surface area contributed by atoms with Gasteiger partial charge in [0.25, 0.3) is 5.56 Å². The summed E-state index contributed by atoms with van der Waals surface area (Å²) in [6.07, 6.45) is 0. The molecule has 7 heteroatoms. The van der Waals surface area contributed by atoms with Crippen LogP contribution in [0.5, 0.6) is 0 Å². The summed E-state index contributed by atoms with van der Waals surface area (Å²) in [6, 6.07) is 6.09. The minimum atomic E-state index is -0.968. The molecule has 19 heavy (non-hydrogen) atoms. The molecule has 0 radical (unpaired) electrons. The largest absolute Gasteiger partial charge is 0.478 e. The molecular weight excluding hydrogens is 266 g/mol. The Morgan fingerprint density at radius 1 is 1.42 bits per heavy atom. The van der Waals surface area contributed by atoms with Crippen LogP contribution in [0.25, 0.3) is 0 Å². The number of nitrogens with one attached hydrogen (secondary N) is 1. The minimum absolute atomic E-state index is 0.144. The second kappa shape index (κ2) is 5.15. The lowest BCUT2D eigenvalue weighted by molar-refractivity contribution is 0.0696. The molecule has 6 nitrogen and oxygen atoms in total. The number of aromatic nitrogens is 2. The van der Waals surface area contributed by atoms with Crippen LogP contribution in [0, 0.1) is 6.92 Å². The van der Waals surface area contributed by atoms with Crippen LogP contribution >= 0.6 is 11.8 Å². The highest BCUT2D eigenvalue weighted by Crippen LogP contribution is 2.26. The summed E-state index contributed by atoms with van der Waals surface area (Å²) in [6.45, 7) is 1.71. The van der Waals surface area contributed by atoms with Crippen molar-refractivity contribution in [1.82, 2.24) is 9.97 Å². The van der Waals surface area contributed by atoms with Gasteiger partial charge in [-0.05, 0) is 30.7 Å². The highest BCUT2D eigenvalue weighted by Gasteiger charge is 2.08. The van der Waals surface area contributed by atoms with E-state index in [-0.39, 0.29) is 16.9 Å². The Morgan fingerprint density at radius 2 is 2.16 bits per heavy atom. The zero-order valence-electron chi connectivity index (χ0n) is 10.0. The van der Waals surface area contributed by atoms with Crippen molar-refractivity contribution < 1.29 is 9.90 Å². The van der Waals surface area contributed by atoms with Crippen molar-refractivity contribution in [2.75, 3.05) is 5.73 Å². The maximum Gasteiger partial charge on any atom is 0.335 e. The third kappa shape index (κ3) is 3.14. The van der Waals surface area contributed by atoms with Crippen molar-refractivity contribution >= 4 is 23.5 Å². The minimum Gasteiger partial charge on any atom is -0.478 e. The van der Waals surface area contributed by atoms with E-state index in [4.69, 9.17) is 10.8 Å². The second-order valence-corrected chi connectivity index (χ2v) is 4.92. The molecule has 0 unspecified atom stereocenters. The third-order valence-electron chi connectivity index (χ3n) is 2.38. The van der Waals surface area contributed by atoms with Gasteiger partial charge in [-0.1, -0.05) is 11.8 Å². The summed E-state index contributed by atoms with van der Waals surface area (Å²) >= 11 is 1.21. The number of nitrogens with two attached hydrogens (primary N) is 1. The summed E-state index contributed by atoms with van der Waals surface area (Å²) < 4.78 is 0. The molecule has 0 spiro atoms. The Hall–Kier alpha value is -2.28. The van der Waals surface area contributed by atoms with Crippen LogP contribution in [-0.4, -0.2) is 21.0 Å². The number of aromatic carboxylic acids is 1. The van der Waals surface area contributed by atoms with Crippen LogP contribution in [0.4, 0.5) is 5.82 Å². The monoisotopic (exact) mass is 277 g/mol. The van der Waals surface area contributed by atoms with Crippen molar-refractivity contribution in [3.05, 3.63) is 45.7 Å². The molecule has 1 aromatic heterocycles. The van der Waals surface area contributed by atoms with Gasteiger partial charge in [0.1, 0.15) is 5.82 Å². The van der Waals surface area contributed by atoms with E-state index in [9.17, 15) is 9.59 Å². The van der Waals surface area contributed by atoms with Gasteiger partial charge in [-0.25, -0.2) is 9.78 Å². The first-order valence-corrected chi connectivity index (χ1v) is 6.16. The lowest BCUT2D eigenvalue weighted by atomic mass is 10.1. The van der Waals surface area contributed by atoms with Crippen LogP contribution in [-0.2, 0) is 0 Å². The van der Waals surface area contributed by atoms with Gasteiger partial charge in [0, 0.05) is 11.0 Å². The van der Waals surface area contributed by atoms with Crippen LogP contribution in [0.3, 0.4) is 0 Å². The predicted molar refractivity (Wildman–Crippen MR) is 71.5 cm³/mol. The predicted octanol–water partition coefficient (Wildman–Crippen LogP) is 1.51. The van der Waals surface area contributed by atoms with Gasteiger partial charge < -0.3 is 15.8 Å². The van der Waals surface area contributed by atoms with Crippen molar-refractivity contribution in [3.63, 3.8) is 0 Å². The summed E-state index contributed by atoms with van der Waals surface area (Å²) in [5.74, 6) is -0.824. The van der Waals surface area contributed by atoms with Crippen molar-refractivity contribution in [2.24, 2.45) is 0 Å². The fraction of sp³-hybridized carbons (Fsp3) is 0.0833. The van der Waals surface area contributed by atoms with Gasteiger partial charge in [-0.15, -0.1) is 0 Å². The molecule has 0 bridgehead atoms. The molecule has 2 aromatic rings. The number of nitrogens with zero attached hydrogens (tertiary/aromatic N) is 1. The Labute approximate surface area is 112 Å². The average Bonchev–Trinajstić information content (AvgIpc) is 2.26. The Balaban J connectivity index is 2.31. The van der Waals surface area contributed by atoms with Crippen molar-refractivity contribution in [2.45, 2.75) is 17.0 Å². The maximum absolute atomic E-state index is 11.2. The molecule has 0 atom stereocenters. The zero-order chi connectivity index (χ0) is 14.0. The number of hydrogen-bond acceptors (Lipinski definition) is 5. The smallest absolute Gasteiger partial charge is 0.335 e. The van der Waals surface area contributed by atoms with Crippen LogP contribution in [0.2, 0.25) is 0 Å². The maximum atomic E-state index is 11.2. The number of aryl methyl sites for hydroxylation is 1. The van der Waals surface area contributed by atoms with Gasteiger partial charge in [0.15, 0.2) is 5.16 Å². The van der Waals surface area contributed by atoms with E-state index in [1.165, 1.54) is 23.9 Å². The number of anilines is 1. The lowest BCUT2D eigenvalue weighted by Crippen LogP contribution is -2.09. The van der Waals surface area contributed by atoms with E-state index < -0.39 is 5.97 Å². The molecule has 98 valence electrons. The lowest BCUT2D eigenvalue weighted by Gasteiger charge is -2.05. The molecule has 0 aliphatic heterocycles. The molecule has 0 saturated carbocycles. The number of H-pyrrole nitrogens is 1. The molecule has 0 fully saturated rings. The molecular formula is C12H11N3O3S. The van der Waals surface area contributed by atoms with Gasteiger partial charge >= 0.3 is 5.97 Å². The van der Waals surface area contributed by atoms with E-state index in [1.54, 1.807) is 19.1 Å². The molecule has 0 aliphatic carbocycles. The molecule has 1 heterocycles. The summed E-state index contributed by atoms with van der Waals surface area (Å²) in [7, 11) is 0. The number of carbonyl (C=O) groups is 1. The van der Waals surface area contributed by atoms with Gasteiger partial charge in [-0.2, -0.15) is 0 Å². The molecule has 0 saturated heterocycles. The quantitative estimate of drug-likeness (QED) is 0.734. The second-order valence-electron chi connectivity index (χ2n) is 3.86. The number of nitrogen functional groups attached to an aromatic ring is 1. The zero-order valence-corrected chi connectivity index (χ0v) is 10.8. The first-order valence-electron chi connectivity index (χ1n) is 5.34. The standard InChI is InChI=1S/C12H11N3O3S/c1-6-4-7(2-3-8(6)11(17)18)19-12-14-9(13)5-10(16)15-12/h2-5H,1H3,(H,17,18)(H3,13,14,15,16). The molecule has 1 aromatic carbocycles. The molecule has 0 aliphatic rings. The van der Waals surface area contributed by atoms with E-state index >= 15 is 0 Å². The highest BCUT2D eigenvalue weighted by molar-refractivity contribution is 7.99. The first-order chi connectivity index (χ1) is 8.95. The molecule has 0 amide bonds. The molecule has 2 rings (SSSR count). The van der Waals surface area contributed by atoms with Crippen LogP contribution < -0.4 is 11.3 Å². The van der Waals surface area contributed by atoms with Crippen molar-refractivity contribution in [3.8, 4) is 0 Å². The Bertz CT molecular complexity index is 697. The number of carboxylic acids is 1. The SMILES string of the molecule is Cc1cc(Sc2nc(N)cc(=O)[nH]2)ccc1C(=O)O. The van der Waals surface area contributed by atoms with Crippen molar-refractivity contribution in [1.29, 1.82) is 0 Å². The topological polar surface area (TPSA) is 109 Å². The normalized spacial score (nSPS) is 10.4. The number of rotatable bonds is 3. The fourth-order valence-corrected chi connectivity index (χ4v) is 2.45. The summed E-state index contributed by atoms with van der Waals surface area (Å²) in [4.78, 5) is 29.5. The first kappa shape index (κ1) is 13.2. The molecule has 4 N–H and O–H groups in total. The van der Waals surface area contributed by atoms with E-state index in [0.29, 0.717) is 10.7 Å². The van der Waals surface area contributed by atoms with Crippen LogP contribution in [0.15, 0.2) is 39.1 Å². The van der Waals surface area contributed by atoms with Gasteiger partial charge in [-0.3, -0.25) is 4.79 Å². The average molecular weight is 277 g/mol. The number of carboxylic acid groups (broad SMARTS) is 1. The summed E-state index contributed by atoms with van der Waals surface area (Å²) in [5, 5.41) is 9.30. The Morgan fingerprint density at radius 3 is 2.74 bits per heavy atom.